The van der Waals surface area contributed by atoms with Crippen LogP contribution in [0.5, 0.6) is 5.75 Å². The van der Waals surface area contributed by atoms with Crippen LogP contribution >= 0.6 is 15.9 Å². The largest absolute Gasteiger partial charge is 0.508 e. The maximum absolute atomic E-state index is 9.41. The second-order valence-electron chi connectivity index (χ2n) is 3.67. The smallest absolute Gasteiger partial charge is 0.116 e. The van der Waals surface area contributed by atoms with Gasteiger partial charge in [0.1, 0.15) is 5.75 Å². The van der Waals surface area contributed by atoms with Crippen LogP contribution in [0, 0.1) is 0 Å². The number of alkyl halides is 1. The molecule has 0 heterocycles. The maximum atomic E-state index is 9.41. The van der Waals surface area contributed by atoms with Crippen LogP contribution in [0.4, 0.5) is 0 Å². The molecule has 0 bridgehead atoms. The van der Waals surface area contributed by atoms with E-state index in [9.17, 15) is 5.11 Å². The van der Waals surface area contributed by atoms with Gasteiger partial charge in [-0.15, -0.1) is 0 Å². The van der Waals surface area contributed by atoms with Gasteiger partial charge in [-0.2, -0.15) is 0 Å². The van der Waals surface area contributed by atoms with Gasteiger partial charge in [0.05, 0.1) is 0 Å². The van der Waals surface area contributed by atoms with Crippen LogP contribution in [-0.4, -0.2) is 10.4 Å². The highest BCUT2D eigenvalue weighted by Gasteiger charge is 1.95. The molecule has 16 heavy (non-hydrogen) atoms. The molecule has 2 aromatic carbocycles. The summed E-state index contributed by atoms with van der Waals surface area (Å²) in [7, 11) is 0. The number of hydrogen-bond donors (Lipinski definition) is 1. The Hall–Kier alpha value is -1.28. The van der Waals surface area contributed by atoms with E-state index in [2.05, 4.69) is 46.3 Å². The van der Waals surface area contributed by atoms with Crippen LogP contribution in [-0.2, 0) is 0 Å². The molecule has 0 aliphatic carbocycles. The van der Waals surface area contributed by atoms with E-state index in [-0.39, 0.29) is 0 Å². The Morgan fingerprint density at radius 2 is 1.88 bits per heavy atom. The molecule has 0 aromatic heterocycles. The SMILES string of the molecule is Oc1ccc2ccc(C=CCCBr)cc2c1. The van der Waals surface area contributed by atoms with Crippen molar-refractivity contribution in [3.8, 4) is 5.75 Å². The third-order valence-corrected chi connectivity index (χ3v) is 2.89. The highest BCUT2D eigenvalue weighted by atomic mass is 79.9. The molecule has 82 valence electrons. The predicted molar refractivity (Wildman–Crippen MR) is 73.1 cm³/mol. The third kappa shape index (κ3) is 2.64. The van der Waals surface area contributed by atoms with Gasteiger partial charge in [-0.1, -0.05) is 46.3 Å². The standard InChI is InChI=1S/C14H13BrO/c15-8-2-1-3-11-4-5-12-6-7-14(16)10-13(12)9-11/h1,3-7,9-10,16H,2,8H2. The number of fused-ring (bicyclic) bond motifs is 1. The molecule has 0 fully saturated rings. The fourth-order valence-corrected chi connectivity index (χ4v) is 1.90. The van der Waals surface area contributed by atoms with Gasteiger partial charge in [0.2, 0.25) is 0 Å². The van der Waals surface area contributed by atoms with Crippen molar-refractivity contribution in [3.63, 3.8) is 0 Å². The molecular weight excluding hydrogens is 264 g/mol. The van der Waals surface area contributed by atoms with Crippen molar-refractivity contribution < 1.29 is 5.11 Å². The Kier molecular flexibility index (Phi) is 3.62. The molecule has 0 radical (unpaired) electrons. The highest BCUT2D eigenvalue weighted by Crippen LogP contribution is 2.21. The number of rotatable bonds is 3. The normalized spacial score (nSPS) is 11.3. The molecule has 0 unspecified atom stereocenters. The van der Waals surface area contributed by atoms with Crippen molar-refractivity contribution >= 4 is 32.8 Å². The minimum Gasteiger partial charge on any atom is -0.508 e. The fourth-order valence-electron chi connectivity index (χ4n) is 1.64. The fraction of sp³-hybridized carbons (Fsp3) is 0.143. The predicted octanol–water partition coefficient (Wildman–Crippen LogP) is 4.34. The molecule has 2 rings (SSSR count). The van der Waals surface area contributed by atoms with Crippen LogP contribution in [0.2, 0.25) is 0 Å². The van der Waals surface area contributed by atoms with E-state index in [1.54, 1.807) is 12.1 Å². The zero-order valence-corrected chi connectivity index (χ0v) is 10.4. The van der Waals surface area contributed by atoms with Crippen LogP contribution < -0.4 is 0 Å². The minimum atomic E-state index is 0.314. The number of aromatic hydroxyl groups is 1. The van der Waals surface area contributed by atoms with Crippen molar-refractivity contribution in [2.24, 2.45) is 0 Å². The van der Waals surface area contributed by atoms with E-state index in [4.69, 9.17) is 0 Å². The molecule has 1 nitrogen and oxygen atoms in total. The summed E-state index contributed by atoms with van der Waals surface area (Å²) in [6.07, 6.45) is 5.27. The number of halogens is 1. The first-order valence-electron chi connectivity index (χ1n) is 5.25. The zero-order valence-electron chi connectivity index (χ0n) is 8.86. The van der Waals surface area contributed by atoms with Crippen molar-refractivity contribution in [1.29, 1.82) is 0 Å². The Balaban J connectivity index is 2.35. The van der Waals surface area contributed by atoms with Crippen molar-refractivity contribution in [1.82, 2.24) is 0 Å². The molecule has 0 saturated heterocycles. The van der Waals surface area contributed by atoms with Crippen LogP contribution in [0.25, 0.3) is 16.8 Å². The van der Waals surface area contributed by atoms with E-state index in [1.807, 2.05) is 6.07 Å². The summed E-state index contributed by atoms with van der Waals surface area (Å²) in [4.78, 5) is 0. The second kappa shape index (κ2) is 5.17. The monoisotopic (exact) mass is 276 g/mol. The lowest BCUT2D eigenvalue weighted by Crippen LogP contribution is -1.76. The number of phenols is 1. The first kappa shape index (κ1) is 11.2. The zero-order chi connectivity index (χ0) is 11.4. The summed E-state index contributed by atoms with van der Waals surface area (Å²) in [6.45, 7) is 0. The van der Waals surface area contributed by atoms with Crippen molar-refractivity contribution in [3.05, 3.63) is 48.0 Å². The van der Waals surface area contributed by atoms with E-state index < -0.39 is 0 Å². The Morgan fingerprint density at radius 3 is 2.69 bits per heavy atom. The van der Waals surface area contributed by atoms with E-state index in [0.29, 0.717) is 5.75 Å². The lowest BCUT2D eigenvalue weighted by molar-refractivity contribution is 0.476. The molecule has 0 spiro atoms. The van der Waals surface area contributed by atoms with E-state index in [0.717, 1.165) is 22.5 Å². The maximum Gasteiger partial charge on any atom is 0.116 e. The first-order valence-corrected chi connectivity index (χ1v) is 6.37. The Bertz CT molecular complexity index is 517. The van der Waals surface area contributed by atoms with Gasteiger partial charge in [-0.05, 0) is 41.0 Å². The third-order valence-electron chi connectivity index (χ3n) is 2.43. The topological polar surface area (TPSA) is 20.2 Å². The van der Waals surface area contributed by atoms with Crippen LogP contribution in [0.3, 0.4) is 0 Å². The minimum absolute atomic E-state index is 0.314. The summed E-state index contributed by atoms with van der Waals surface area (Å²) < 4.78 is 0. The first-order chi connectivity index (χ1) is 7.79. The van der Waals surface area contributed by atoms with Crippen molar-refractivity contribution in [2.45, 2.75) is 6.42 Å². The average Bonchev–Trinajstić information content (AvgIpc) is 2.29. The molecule has 0 saturated carbocycles. The van der Waals surface area contributed by atoms with Gasteiger partial charge in [0.15, 0.2) is 0 Å². The summed E-state index contributed by atoms with van der Waals surface area (Å²) in [6, 6.07) is 11.7. The summed E-state index contributed by atoms with van der Waals surface area (Å²) >= 11 is 3.39. The molecule has 0 atom stereocenters. The van der Waals surface area contributed by atoms with Crippen LogP contribution in [0.15, 0.2) is 42.5 Å². The summed E-state index contributed by atoms with van der Waals surface area (Å²) in [5, 5.41) is 12.6. The Morgan fingerprint density at radius 1 is 1.06 bits per heavy atom. The van der Waals surface area contributed by atoms with Gasteiger partial charge >= 0.3 is 0 Å². The average molecular weight is 277 g/mol. The molecule has 2 aromatic rings. The quantitative estimate of drug-likeness (QED) is 0.827. The highest BCUT2D eigenvalue weighted by molar-refractivity contribution is 9.09. The van der Waals surface area contributed by atoms with Gasteiger partial charge in [0, 0.05) is 5.33 Å². The number of allylic oxidation sites excluding steroid dienone is 1. The van der Waals surface area contributed by atoms with Crippen LogP contribution in [0.1, 0.15) is 12.0 Å². The van der Waals surface area contributed by atoms with E-state index in [1.165, 1.54) is 5.56 Å². The second-order valence-corrected chi connectivity index (χ2v) is 4.46. The van der Waals surface area contributed by atoms with Gasteiger partial charge in [-0.3, -0.25) is 0 Å². The lowest BCUT2D eigenvalue weighted by atomic mass is 10.1. The molecule has 0 amide bonds. The number of hydrogen-bond acceptors (Lipinski definition) is 1. The summed E-state index contributed by atoms with van der Waals surface area (Å²) in [5.74, 6) is 0.314. The lowest BCUT2D eigenvalue weighted by Gasteiger charge is -2.00. The molecule has 1 N–H and O–H groups in total. The number of benzene rings is 2. The molecule has 0 aliphatic heterocycles. The van der Waals surface area contributed by atoms with Gasteiger partial charge in [0.25, 0.3) is 0 Å². The molecule has 0 aliphatic rings. The van der Waals surface area contributed by atoms with Gasteiger partial charge in [-0.25, -0.2) is 0 Å². The van der Waals surface area contributed by atoms with Gasteiger partial charge < -0.3 is 5.11 Å². The van der Waals surface area contributed by atoms with E-state index >= 15 is 0 Å². The summed E-state index contributed by atoms with van der Waals surface area (Å²) in [5.41, 5.74) is 1.17. The Labute approximate surface area is 104 Å². The number of phenolic OH excluding ortho intramolecular Hbond substituents is 1. The molecule has 2 heteroatoms. The van der Waals surface area contributed by atoms with Crippen molar-refractivity contribution in [2.75, 3.05) is 5.33 Å². The molecular formula is C14H13BrO.